The van der Waals surface area contributed by atoms with Crippen LogP contribution in [-0.2, 0) is 10.0 Å². The molecule has 9 heteroatoms. The molecule has 1 fully saturated rings. The van der Waals surface area contributed by atoms with Crippen molar-refractivity contribution in [3.05, 3.63) is 28.3 Å². The summed E-state index contributed by atoms with van der Waals surface area (Å²) in [5.41, 5.74) is -0.219. The van der Waals surface area contributed by atoms with Crippen LogP contribution in [0.2, 0.25) is 0 Å². The van der Waals surface area contributed by atoms with E-state index in [-0.39, 0.29) is 28.9 Å². The molecular formula is C12H17N3O5S. The Kier molecular flexibility index (Phi) is 4.76. The van der Waals surface area contributed by atoms with Gasteiger partial charge in [0, 0.05) is 18.7 Å². The van der Waals surface area contributed by atoms with Gasteiger partial charge in [0.05, 0.1) is 18.1 Å². The lowest BCUT2D eigenvalue weighted by Gasteiger charge is -2.13. The third kappa shape index (κ3) is 3.69. The van der Waals surface area contributed by atoms with Crippen LogP contribution in [0.5, 0.6) is 5.75 Å². The molecule has 1 aliphatic heterocycles. The number of ether oxygens (including phenoxy) is 1. The van der Waals surface area contributed by atoms with Gasteiger partial charge >= 0.3 is 0 Å². The third-order valence-electron chi connectivity index (χ3n) is 3.33. The normalized spacial score (nSPS) is 18.6. The average Bonchev–Trinajstić information content (AvgIpc) is 2.97. The first kappa shape index (κ1) is 15.7. The summed E-state index contributed by atoms with van der Waals surface area (Å²) < 4.78 is 32.0. The maximum Gasteiger partial charge on any atom is 0.273 e. The van der Waals surface area contributed by atoms with Gasteiger partial charge in [-0.05, 0) is 25.5 Å². The van der Waals surface area contributed by atoms with Gasteiger partial charge in [0.1, 0.15) is 10.6 Å². The van der Waals surface area contributed by atoms with Crippen LogP contribution >= 0.6 is 0 Å². The number of rotatable bonds is 6. The number of nitro benzene ring substituents is 1. The van der Waals surface area contributed by atoms with E-state index < -0.39 is 14.9 Å². The zero-order chi connectivity index (χ0) is 15.5. The lowest BCUT2D eigenvalue weighted by molar-refractivity contribution is -0.385. The lowest BCUT2D eigenvalue weighted by Crippen LogP contribution is -2.37. The first-order chi connectivity index (χ1) is 9.94. The second-order valence-electron chi connectivity index (χ2n) is 4.74. The van der Waals surface area contributed by atoms with Gasteiger partial charge in [-0.15, -0.1) is 0 Å². The molecule has 2 N–H and O–H groups in total. The highest BCUT2D eigenvalue weighted by molar-refractivity contribution is 7.89. The van der Waals surface area contributed by atoms with Crippen LogP contribution in [0.1, 0.15) is 12.8 Å². The Bertz CT molecular complexity index is 626. The van der Waals surface area contributed by atoms with Crippen LogP contribution in [0.4, 0.5) is 5.69 Å². The molecular weight excluding hydrogens is 298 g/mol. The predicted molar refractivity (Wildman–Crippen MR) is 75.9 cm³/mol. The van der Waals surface area contributed by atoms with Gasteiger partial charge in [0.15, 0.2) is 0 Å². The van der Waals surface area contributed by atoms with Crippen molar-refractivity contribution in [3.63, 3.8) is 0 Å². The number of nitrogens with one attached hydrogen (secondary N) is 2. The fourth-order valence-corrected chi connectivity index (χ4v) is 3.44. The smallest absolute Gasteiger partial charge is 0.273 e. The Labute approximate surface area is 122 Å². The Hall–Kier alpha value is -1.71. The Balaban J connectivity index is 2.20. The minimum absolute atomic E-state index is 0.0453. The van der Waals surface area contributed by atoms with E-state index in [9.17, 15) is 18.5 Å². The quantitative estimate of drug-likeness (QED) is 0.588. The molecule has 1 aliphatic rings. The molecule has 8 nitrogen and oxygen atoms in total. The second kappa shape index (κ2) is 6.37. The van der Waals surface area contributed by atoms with Crippen LogP contribution < -0.4 is 14.8 Å². The number of methoxy groups -OCH3 is 1. The lowest BCUT2D eigenvalue weighted by atomic mass is 10.2. The number of benzene rings is 1. The molecule has 1 heterocycles. The fourth-order valence-electron chi connectivity index (χ4n) is 2.21. The van der Waals surface area contributed by atoms with Crippen LogP contribution in [-0.4, -0.2) is 39.6 Å². The topological polar surface area (TPSA) is 111 Å². The van der Waals surface area contributed by atoms with Gasteiger partial charge in [-0.2, -0.15) is 0 Å². The number of hydrogen-bond donors (Lipinski definition) is 2. The maximum atomic E-state index is 12.3. The summed E-state index contributed by atoms with van der Waals surface area (Å²) in [7, 11) is -2.50. The standard InChI is InChI=1S/C12H17N3O5S/c1-20-11-7-10(15(16)17)4-5-12(11)21(18,19)14-8-9-3-2-6-13-9/h4-5,7,9,13-14H,2-3,6,8H2,1H3. The van der Waals surface area contributed by atoms with Crippen LogP contribution in [0.25, 0.3) is 0 Å². The summed E-state index contributed by atoms with van der Waals surface area (Å²) in [6.45, 7) is 1.16. The molecule has 0 radical (unpaired) electrons. The van der Waals surface area contributed by atoms with Crippen LogP contribution in [0.3, 0.4) is 0 Å². The van der Waals surface area contributed by atoms with E-state index >= 15 is 0 Å². The molecule has 116 valence electrons. The van der Waals surface area contributed by atoms with Gasteiger partial charge in [0.2, 0.25) is 10.0 Å². The van der Waals surface area contributed by atoms with Crippen molar-refractivity contribution < 1.29 is 18.1 Å². The van der Waals surface area contributed by atoms with Crippen LogP contribution in [0.15, 0.2) is 23.1 Å². The molecule has 21 heavy (non-hydrogen) atoms. The molecule has 2 rings (SSSR count). The van der Waals surface area contributed by atoms with Crippen LogP contribution in [0, 0.1) is 10.1 Å². The predicted octanol–water partition coefficient (Wildman–Crippen LogP) is 0.634. The number of sulfonamides is 1. The molecule has 0 aromatic heterocycles. The molecule has 0 amide bonds. The highest BCUT2D eigenvalue weighted by Crippen LogP contribution is 2.28. The zero-order valence-corrected chi connectivity index (χ0v) is 12.4. The zero-order valence-electron chi connectivity index (χ0n) is 11.5. The Morgan fingerprint density at radius 3 is 2.86 bits per heavy atom. The maximum absolute atomic E-state index is 12.3. The van der Waals surface area contributed by atoms with Crippen molar-refractivity contribution in [1.29, 1.82) is 0 Å². The minimum Gasteiger partial charge on any atom is -0.495 e. The monoisotopic (exact) mass is 315 g/mol. The van der Waals surface area contributed by atoms with E-state index in [2.05, 4.69) is 10.0 Å². The van der Waals surface area contributed by atoms with Gasteiger partial charge in [-0.3, -0.25) is 10.1 Å². The van der Waals surface area contributed by atoms with Gasteiger partial charge in [-0.1, -0.05) is 0 Å². The van der Waals surface area contributed by atoms with E-state index in [1.807, 2.05) is 0 Å². The molecule has 1 unspecified atom stereocenters. The van der Waals surface area contributed by atoms with Crippen molar-refractivity contribution in [2.45, 2.75) is 23.8 Å². The second-order valence-corrected chi connectivity index (χ2v) is 6.47. The van der Waals surface area contributed by atoms with Crippen molar-refractivity contribution in [3.8, 4) is 5.75 Å². The van der Waals surface area contributed by atoms with E-state index in [4.69, 9.17) is 4.74 Å². The van der Waals surface area contributed by atoms with E-state index in [1.165, 1.54) is 13.2 Å². The highest BCUT2D eigenvalue weighted by Gasteiger charge is 2.24. The first-order valence-electron chi connectivity index (χ1n) is 6.49. The molecule has 0 saturated carbocycles. The summed E-state index contributed by atoms with van der Waals surface area (Å²) >= 11 is 0. The fraction of sp³-hybridized carbons (Fsp3) is 0.500. The number of nitrogens with zero attached hydrogens (tertiary/aromatic N) is 1. The Morgan fingerprint density at radius 1 is 1.52 bits per heavy atom. The number of non-ortho nitro benzene ring substituents is 1. The van der Waals surface area contributed by atoms with E-state index in [1.54, 1.807) is 0 Å². The molecule has 1 atom stereocenters. The summed E-state index contributed by atoms with van der Waals surface area (Å²) in [4.78, 5) is 10.0. The molecule has 0 spiro atoms. The summed E-state index contributed by atoms with van der Waals surface area (Å²) in [5.74, 6) is -0.0453. The van der Waals surface area contributed by atoms with Gasteiger partial charge < -0.3 is 10.1 Å². The Morgan fingerprint density at radius 2 is 2.29 bits per heavy atom. The van der Waals surface area contributed by atoms with Gasteiger partial charge in [-0.25, -0.2) is 13.1 Å². The number of hydrogen-bond acceptors (Lipinski definition) is 6. The average molecular weight is 315 g/mol. The van der Waals surface area contributed by atoms with E-state index in [0.29, 0.717) is 0 Å². The van der Waals surface area contributed by atoms with Crippen molar-refractivity contribution in [1.82, 2.24) is 10.0 Å². The van der Waals surface area contributed by atoms with Crippen molar-refractivity contribution >= 4 is 15.7 Å². The highest BCUT2D eigenvalue weighted by atomic mass is 32.2. The molecule has 1 aromatic rings. The van der Waals surface area contributed by atoms with Crippen molar-refractivity contribution in [2.24, 2.45) is 0 Å². The molecule has 0 aliphatic carbocycles. The van der Waals surface area contributed by atoms with E-state index in [0.717, 1.165) is 31.5 Å². The third-order valence-corrected chi connectivity index (χ3v) is 4.79. The largest absolute Gasteiger partial charge is 0.495 e. The van der Waals surface area contributed by atoms with Gasteiger partial charge in [0.25, 0.3) is 5.69 Å². The van der Waals surface area contributed by atoms with Crippen molar-refractivity contribution in [2.75, 3.05) is 20.2 Å². The summed E-state index contributed by atoms with van der Waals surface area (Å²) in [6.07, 6.45) is 1.94. The molecule has 1 aromatic carbocycles. The minimum atomic E-state index is -3.77. The summed E-state index contributed by atoms with van der Waals surface area (Å²) in [6, 6.07) is 3.54. The SMILES string of the molecule is COc1cc([N+](=O)[O-])ccc1S(=O)(=O)NCC1CCCN1. The molecule has 1 saturated heterocycles. The summed E-state index contributed by atoms with van der Waals surface area (Å²) in [5, 5.41) is 13.9. The first-order valence-corrected chi connectivity index (χ1v) is 7.98. The molecule has 0 bridgehead atoms. The number of nitro groups is 1.